The second-order valence-corrected chi connectivity index (χ2v) is 2.83. The third-order valence-corrected chi connectivity index (χ3v) is 2.00. The van der Waals surface area contributed by atoms with Crippen molar-refractivity contribution >= 4 is 16.9 Å². The van der Waals surface area contributed by atoms with Gasteiger partial charge >= 0.3 is 5.97 Å². The maximum atomic E-state index is 10.7. The van der Waals surface area contributed by atoms with Crippen molar-refractivity contribution < 1.29 is 14.4 Å². The Kier molecular flexibility index (Phi) is 1.94. The number of aromatic nitrogens is 1. The van der Waals surface area contributed by atoms with Gasteiger partial charge in [0.05, 0.1) is 5.39 Å². The van der Waals surface area contributed by atoms with Crippen molar-refractivity contribution in [1.29, 1.82) is 0 Å². The summed E-state index contributed by atoms with van der Waals surface area (Å²) in [5.74, 6) is -1.10. The predicted octanol–water partition coefficient (Wildman–Crippen LogP) is 0.985. The lowest BCUT2D eigenvalue weighted by atomic mass is 10.1. The predicted molar refractivity (Wildman–Crippen MR) is 48.9 cm³/mol. The van der Waals surface area contributed by atoms with E-state index in [-0.39, 0.29) is 5.69 Å². The van der Waals surface area contributed by atoms with Crippen LogP contribution in [0.3, 0.4) is 0 Å². The van der Waals surface area contributed by atoms with Gasteiger partial charge in [-0.2, -0.15) is 0 Å². The van der Waals surface area contributed by atoms with E-state index in [0.29, 0.717) is 17.5 Å². The van der Waals surface area contributed by atoms with Crippen LogP contribution in [0.4, 0.5) is 0 Å². The summed E-state index contributed by atoms with van der Waals surface area (Å²) in [5, 5.41) is 12.7. The summed E-state index contributed by atoms with van der Waals surface area (Å²) in [6.45, 7) is 0.297. The zero-order valence-corrected chi connectivity index (χ0v) is 7.23. The molecule has 0 atom stereocenters. The van der Waals surface area contributed by atoms with Crippen molar-refractivity contribution in [2.45, 2.75) is 6.54 Å². The number of carbonyl (C=O) groups is 1. The number of nitrogens with two attached hydrogens (primary N) is 1. The molecule has 0 saturated heterocycles. The molecule has 0 aliphatic carbocycles. The lowest BCUT2D eigenvalue weighted by molar-refractivity contribution is 0.0688. The molecule has 1 aromatic heterocycles. The van der Waals surface area contributed by atoms with Crippen molar-refractivity contribution in [2.24, 2.45) is 5.73 Å². The first-order chi connectivity index (χ1) is 6.74. The molecule has 2 rings (SSSR count). The number of nitrogens with zero attached hydrogens (tertiary/aromatic N) is 1. The fourth-order valence-electron chi connectivity index (χ4n) is 1.33. The molecule has 0 saturated carbocycles. The molecule has 0 fully saturated rings. The number of carboxylic acids is 1. The van der Waals surface area contributed by atoms with Gasteiger partial charge in [0.2, 0.25) is 0 Å². The van der Waals surface area contributed by atoms with Crippen LogP contribution in [0.1, 0.15) is 16.1 Å². The normalized spacial score (nSPS) is 10.6. The molecule has 0 spiro atoms. The number of rotatable bonds is 2. The Hall–Kier alpha value is -1.88. The van der Waals surface area contributed by atoms with Crippen LogP contribution < -0.4 is 5.73 Å². The van der Waals surface area contributed by atoms with Crippen LogP contribution in [-0.2, 0) is 6.54 Å². The van der Waals surface area contributed by atoms with Crippen molar-refractivity contribution in [2.75, 3.05) is 0 Å². The molecule has 0 aliphatic rings. The van der Waals surface area contributed by atoms with Gasteiger partial charge in [-0.25, -0.2) is 4.79 Å². The Labute approximate surface area is 79.1 Å². The lowest BCUT2D eigenvalue weighted by Gasteiger charge is -1.94. The lowest BCUT2D eigenvalue weighted by Crippen LogP contribution is -1.98. The molecule has 5 heteroatoms. The first-order valence-electron chi connectivity index (χ1n) is 4.04. The van der Waals surface area contributed by atoms with Gasteiger partial charge in [0.15, 0.2) is 11.3 Å². The van der Waals surface area contributed by atoms with E-state index in [4.69, 9.17) is 15.4 Å². The van der Waals surface area contributed by atoms with Gasteiger partial charge in [0.1, 0.15) is 0 Å². The molecule has 14 heavy (non-hydrogen) atoms. The van der Waals surface area contributed by atoms with Crippen LogP contribution in [-0.4, -0.2) is 16.2 Å². The third kappa shape index (κ3) is 1.14. The van der Waals surface area contributed by atoms with E-state index in [1.54, 1.807) is 18.2 Å². The summed E-state index contributed by atoms with van der Waals surface area (Å²) >= 11 is 0. The van der Waals surface area contributed by atoms with Crippen LogP contribution in [0.15, 0.2) is 22.7 Å². The highest BCUT2D eigenvalue weighted by Crippen LogP contribution is 2.21. The minimum absolute atomic E-state index is 0.0738. The molecular formula is C9H8N2O3. The third-order valence-electron chi connectivity index (χ3n) is 2.00. The highest BCUT2D eigenvalue weighted by molar-refractivity contribution is 6.00. The molecule has 5 nitrogen and oxygen atoms in total. The summed E-state index contributed by atoms with van der Waals surface area (Å²) in [6, 6.07) is 5.15. The number of benzene rings is 1. The van der Waals surface area contributed by atoms with E-state index in [9.17, 15) is 4.79 Å². The van der Waals surface area contributed by atoms with Crippen molar-refractivity contribution in [1.82, 2.24) is 5.16 Å². The minimum Gasteiger partial charge on any atom is -0.476 e. The number of hydrogen-bond acceptors (Lipinski definition) is 4. The molecule has 0 radical (unpaired) electrons. The summed E-state index contributed by atoms with van der Waals surface area (Å²) in [7, 11) is 0. The first-order valence-corrected chi connectivity index (χ1v) is 4.04. The standard InChI is InChI=1S/C9H8N2O3/c10-4-5-2-1-3-6-7(9(12)13)11-14-8(5)6/h1-3H,4,10H2,(H,12,13). The average molecular weight is 192 g/mol. The molecule has 0 unspecified atom stereocenters. The molecule has 3 N–H and O–H groups in total. The second-order valence-electron chi connectivity index (χ2n) is 2.83. The zero-order valence-electron chi connectivity index (χ0n) is 7.23. The van der Waals surface area contributed by atoms with Crippen molar-refractivity contribution in [3.63, 3.8) is 0 Å². The summed E-state index contributed by atoms with van der Waals surface area (Å²) in [4.78, 5) is 10.7. The molecule has 2 aromatic rings. The topological polar surface area (TPSA) is 89.4 Å². The second kappa shape index (κ2) is 3.12. The number of carboxylic acid groups (broad SMARTS) is 1. The quantitative estimate of drug-likeness (QED) is 0.740. The van der Waals surface area contributed by atoms with Crippen molar-refractivity contribution in [3.8, 4) is 0 Å². The monoisotopic (exact) mass is 192 g/mol. The fraction of sp³-hybridized carbons (Fsp3) is 0.111. The van der Waals surface area contributed by atoms with Crippen LogP contribution in [0, 0.1) is 0 Å². The van der Waals surface area contributed by atoms with E-state index in [1.807, 2.05) is 0 Å². The largest absolute Gasteiger partial charge is 0.476 e. The first kappa shape index (κ1) is 8.71. The Morgan fingerprint density at radius 2 is 2.36 bits per heavy atom. The Balaban J connectivity index is 2.75. The van der Waals surface area contributed by atoms with E-state index in [1.165, 1.54) is 0 Å². The molecule has 1 heterocycles. The van der Waals surface area contributed by atoms with Gasteiger partial charge in [-0.15, -0.1) is 0 Å². The Morgan fingerprint density at radius 1 is 1.57 bits per heavy atom. The van der Waals surface area contributed by atoms with Crippen molar-refractivity contribution in [3.05, 3.63) is 29.5 Å². The van der Waals surface area contributed by atoms with Crippen LogP contribution in [0.5, 0.6) is 0 Å². The minimum atomic E-state index is -1.10. The summed E-state index contributed by atoms with van der Waals surface area (Å²) in [6.07, 6.45) is 0. The number of para-hydroxylation sites is 1. The Bertz CT molecular complexity index is 490. The number of hydrogen-bond donors (Lipinski definition) is 2. The van der Waals surface area contributed by atoms with Gasteiger partial charge in [0.25, 0.3) is 0 Å². The van der Waals surface area contributed by atoms with Crippen LogP contribution in [0.2, 0.25) is 0 Å². The maximum absolute atomic E-state index is 10.7. The number of fused-ring (bicyclic) bond motifs is 1. The highest BCUT2D eigenvalue weighted by atomic mass is 16.5. The highest BCUT2D eigenvalue weighted by Gasteiger charge is 2.15. The van der Waals surface area contributed by atoms with Gasteiger partial charge < -0.3 is 15.4 Å². The molecule has 0 amide bonds. The van der Waals surface area contributed by atoms with Gasteiger partial charge in [-0.3, -0.25) is 0 Å². The van der Waals surface area contributed by atoms with Gasteiger partial charge in [-0.05, 0) is 6.07 Å². The summed E-state index contributed by atoms with van der Waals surface area (Å²) in [5.41, 5.74) is 6.60. The number of aromatic carboxylic acids is 1. The molecule has 0 bridgehead atoms. The van der Waals surface area contributed by atoms with Gasteiger partial charge in [-0.1, -0.05) is 17.3 Å². The molecule has 72 valence electrons. The molecule has 0 aliphatic heterocycles. The van der Waals surface area contributed by atoms with E-state index < -0.39 is 5.97 Å². The average Bonchev–Trinajstić information content (AvgIpc) is 2.60. The van der Waals surface area contributed by atoms with E-state index in [2.05, 4.69) is 5.16 Å². The maximum Gasteiger partial charge on any atom is 0.358 e. The smallest absolute Gasteiger partial charge is 0.358 e. The zero-order chi connectivity index (χ0) is 10.1. The SMILES string of the molecule is NCc1cccc2c(C(=O)O)noc12. The fourth-order valence-corrected chi connectivity index (χ4v) is 1.33. The van der Waals surface area contributed by atoms with E-state index in [0.717, 1.165) is 5.56 Å². The van der Waals surface area contributed by atoms with Crippen LogP contribution >= 0.6 is 0 Å². The van der Waals surface area contributed by atoms with Crippen LogP contribution in [0.25, 0.3) is 11.0 Å². The Morgan fingerprint density at radius 3 is 3.00 bits per heavy atom. The van der Waals surface area contributed by atoms with Gasteiger partial charge in [0, 0.05) is 12.1 Å². The summed E-state index contributed by atoms with van der Waals surface area (Å²) < 4.78 is 4.92. The molecular weight excluding hydrogens is 184 g/mol. The molecule has 1 aromatic carbocycles. The van der Waals surface area contributed by atoms with E-state index >= 15 is 0 Å².